The van der Waals surface area contributed by atoms with E-state index in [-0.39, 0.29) is 6.29 Å². The van der Waals surface area contributed by atoms with Crippen molar-refractivity contribution in [3.8, 4) is 0 Å². The first kappa shape index (κ1) is 12.6. The molecular formula is C13H20O4. The topological polar surface area (TPSA) is 44.8 Å². The largest absolute Gasteiger partial charge is 0.430 e. The number of hydrogen-bond acceptors (Lipinski definition) is 4. The third-order valence-corrected chi connectivity index (χ3v) is 3.30. The Kier molecular flexibility index (Phi) is 4.18. The molecule has 0 aromatic rings. The second kappa shape index (κ2) is 5.65. The summed E-state index contributed by atoms with van der Waals surface area (Å²) in [6, 6.07) is 0. The Morgan fingerprint density at radius 1 is 1.29 bits per heavy atom. The molecule has 1 aliphatic carbocycles. The maximum atomic E-state index is 11.3. The van der Waals surface area contributed by atoms with Gasteiger partial charge in [-0.15, -0.1) is 0 Å². The lowest BCUT2D eigenvalue weighted by atomic mass is 9.89. The van der Waals surface area contributed by atoms with Gasteiger partial charge in [-0.25, -0.2) is 4.79 Å². The van der Waals surface area contributed by atoms with Gasteiger partial charge in [0.05, 0.1) is 0 Å². The molecule has 0 N–H and O–H groups in total. The van der Waals surface area contributed by atoms with Gasteiger partial charge in [0.15, 0.2) is 6.29 Å². The van der Waals surface area contributed by atoms with Crippen molar-refractivity contribution in [3.05, 3.63) is 12.2 Å². The van der Waals surface area contributed by atoms with Crippen molar-refractivity contribution < 1.29 is 19.0 Å². The molecule has 1 heterocycles. The fourth-order valence-corrected chi connectivity index (χ4v) is 2.34. The van der Waals surface area contributed by atoms with Crippen LogP contribution < -0.4 is 0 Å². The third-order valence-electron chi connectivity index (χ3n) is 3.30. The maximum absolute atomic E-state index is 11.3. The van der Waals surface area contributed by atoms with E-state index >= 15 is 0 Å². The third kappa shape index (κ3) is 3.30. The van der Waals surface area contributed by atoms with Crippen molar-refractivity contribution in [2.75, 3.05) is 6.61 Å². The summed E-state index contributed by atoms with van der Waals surface area (Å²) in [4.78, 5) is 11.3. The van der Waals surface area contributed by atoms with Crippen LogP contribution in [0.4, 0.5) is 0 Å². The van der Waals surface area contributed by atoms with Gasteiger partial charge in [0.1, 0.15) is 6.61 Å². The molecule has 0 aromatic carbocycles. The molecule has 17 heavy (non-hydrogen) atoms. The molecule has 96 valence electrons. The number of rotatable bonds is 3. The summed E-state index contributed by atoms with van der Waals surface area (Å²) in [5.74, 6) is 0.0418. The van der Waals surface area contributed by atoms with E-state index in [1.165, 1.54) is 19.3 Å². The van der Waals surface area contributed by atoms with E-state index in [4.69, 9.17) is 14.2 Å². The Balaban J connectivity index is 1.78. The van der Waals surface area contributed by atoms with Gasteiger partial charge < -0.3 is 14.2 Å². The van der Waals surface area contributed by atoms with Crippen LogP contribution >= 0.6 is 0 Å². The Hall–Kier alpha value is -0.870. The van der Waals surface area contributed by atoms with Crippen molar-refractivity contribution in [3.63, 3.8) is 0 Å². The first-order chi connectivity index (χ1) is 8.16. The van der Waals surface area contributed by atoms with Gasteiger partial charge in [-0.1, -0.05) is 25.8 Å². The van der Waals surface area contributed by atoms with Gasteiger partial charge >= 0.3 is 5.97 Å². The van der Waals surface area contributed by atoms with E-state index < -0.39 is 12.3 Å². The second-order valence-electron chi connectivity index (χ2n) is 4.85. The normalized spacial score (nSPS) is 30.2. The van der Waals surface area contributed by atoms with E-state index in [1.54, 1.807) is 6.92 Å². The van der Waals surface area contributed by atoms with Crippen LogP contribution in [-0.4, -0.2) is 25.2 Å². The molecule has 2 atom stereocenters. The molecule has 4 heteroatoms. The minimum atomic E-state index is -0.564. The van der Waals surface area contributed by atoms with Crippen molar-refractivity contribution in [1.29, 1.82) is 0 Å². The Bertz CT molecular complexity index is 294. The summed E-state index contributed by atoms with van der Waals surface area (Å²) in [6.45, 7) is 5.49. The Labute approximate surface area is 102 Å². The monoisotopic (exact) mass is 240 g/mol. The lowest BCUT2D eigenvalue weighted by molar-refractivity contribution is -0.180. The number of esters is 1. The van der Waals surface area contributed by atoms with Gasteiger partial charge in [-0.2, -0.15) is 0 Å². The van der Waals surface area contributed by atoms with Crippen LogP contribution in [0.15, 0.2) is 12.2 Å². The summed E-state index contributed by atoms with van der Waals surface area (Å²) in [5.41, 5.74) is 0.384. The lowest BCUT2D eigenvalue weighted by Gasteiger charge is -2.25. The van der Waals surface area contributed by atoms with Crippen LogP contribution in [0.2, 0.25) is 0 Å². The van der Waals surface area contributed by atoms with Crippen molar-refractivity contribution in [1.82, 2.24) is 0 Å². The van der Waals surface area contributed by atoms with E-state index in [0.717, 1.165) is 12.8 Å². The summed E-state index contributed by atoms with van der Waals surface area (Å²) in [7, 11) is 0. The maximum Gasteiger partial charge on any atom is 0.335 e. The molecule has 4 nitrogen and oxygen atoms in total. The van der Waals surface area contributed by atoms with Gasteiger partial charge in [0.2, 0.25) is 6.29 Å². The molecular weight excluding hydrogens is 220 g/mol. The van der Waals surface area contributed by atoms with Crippen molar-refractivity contribution >= 4 is 5.97 Å². The SMILES string of the molecule is C=C(C)C(=O)OC1COC(C2CCCCC2)O1. The number of carbonyl (C=O) groups is 1. The fourth-order valence-electron chi connectivity index (χ4n) is 2.34. The molecule has 0 amide bonds. The smallest absolute Gasteiger partial charge is 0.335 e. The second-order valence-corrected chi connectivity index (χ2v) is 4.85. The first-order valence-electron chi connectivity index (χ1n) is 6.30. The van der Waals surface area contributed by atoms with E-state index in [1.807, 2.05) is 0 Å². The average Bonchev–Trinajstić information content (AvgIpc) is 2.78. The zero-order chi connectivity index (χ0) is 12.3. The molecule has 1 aliphatic heterocycles. The Morgan fingerprint density at radius 2 is 2.00 bits per heavy atom. The highest BCUT2D eigenvalue weighted by atomic mass is 16.8. The van der Waals surface area contributed by atoms with Gasteiger partial charge in [0, 0.05) is 11.5 Å². The highest BCUT2D eigenvalue weighted by molar-refractivity contribution is 5.87. The van der Waals surface area contributed by atoms with Crippen LogP contribution in [-0.2, 0) is 19.0 Å². The van der Waals surface area contributed by atoms with Crippen LogP contribution in [0.1, 0.15) is 39.0 Å². The summed E-state index contributed by atoms with van der Waals surface area (Å²) < 4.78 is 16.3. The minimum Gasteiger partial charge on any atom is -0.430 e. The fraction of sp³-hybridized carbons (Fsp3) is 0.769. The predicted molar refractivity (Wildman–Crippen MR) is 62.1 cm³/mol. The molecule has 1 saturated carbocycles. The number of hydrogen-bond donors (Lipinski definition) is 0. The van der Waals surface area contributed by atoms with Gasteiger partial charge in [0.25, 0.3) is 0 Å². The molecule has 0 bridgehead atoms. The van der Waals surface area contributed by atoms with Crippen LogP contribution in [0.3, 0.4) is 0 Å². The molecule has 0 radical (unpaired) electrons. The molecule has 2 unspecified atom stereocenters. The van der Waals surface area contributed by atoms with E-state index in [9.17, 15) is 4.79 Å². The zero-order valence-corrected chi connectivity index (χ0v) is 10.3. The van der Waals surface area contributed by atoms with E-state index in [2.05, 4.69) is 6.58 Å². The van der Waals surface area contributed by atoms with Gasteiger partial charge in [-0.05, 0) is 19.8 Å². The molecule has 2 rings (SSSR count). The standard InChI is InChI=1S/C13H20O4/c1-9(2)12(14)16-11-8-15-13(17-11)10-6-4-3-5-7-10/h10-11,13H,1,3-8H2,2H3. The van der Waals surface area contributed by atoms with Crippen molar-refractivity contribution in [2.24, 2.45) is 5.92 Å². The number of ether oxygens (including phenoxy) is 3. The molecule has 2 aliphatic rings. The summed E-state index contributed by atoms with van der Waals surface area (Å²) in [5, 5.41) is 0. The van der Waals surface area contributed by atoms with E-state index in [0.29, 0.717) is 18.1 Å². The van der Waals surface area contributed by atoms with Crippen LogP contribution in [0.25, 0.3) is 0 Å². The molecule has 2 fully saturated rings. The highest BCUT2D eigenvalue weighted by Gasteiger charge is 2.35. The quantitative estimate of drug-likeness (QED) is 0.561. The molecule has 0 spiro atoms. The summed E-state index contributed by atoms with van der Waals surface area (Å²) >= 11 is 0. The highest BCUT2D eigenvalue weighted by Crippen LogP contribution is 2.31. The van der Waals surface area contributed by atoms with Gasteiger partial charge in [-0.3, -0.25) is 0 Å². The van der Waals surface area contributed by atoms with Crippen molar-refractivity contribution in [2.45, 2.75) is 51.6 Å². The average molecular weight is 240 g/mol. The van der Waals surface area contributed by atoms with Crippen LogP contribution in [0.5, 0.6) is 0 Å². The molecule has 1 saturated heterocycles. The Morgan fingerprint density at radius 3 is 2.65 bits per heavy atom. The zero-order valence-electron chi connectivity index (χ0n) is 10.3. The minimum absolute atomic E-state index is 0.196. The molecule has 0 aromatic heterocycles. The number of carbonyl (C=O) groups excluding carboxylic acids is 1. The summed E-state index contributed by atoms with van der Waals surface area (Å²) in [6.07, 6.45) is 5.31. The lowest BCUT2D eigenvalue weighted by Crippen LogP contribution is -2.26. The van der Waals surface area contributed by atoms with Crippen LogP contribution in [0, 0.1) is 5.92 Å². The first-order valence-corrected chi connectivity index (χ1v) is 6.30. The predicted octanol–water partition coefficient (Wildman–Crippen LogP) is 2.39.